The standard InChI is InChI=1S/C18H33ClO4/c1-2-3-4-10-15-22-17(20)12-13-18(21)23-16-11-8-6-5-7-9-14-19/h2-16H2,1H3. The van der Waals surface area contributed by atoms with E-state index in [1.807, 2.05) is 0 Å². The van der Waals surface area contributed by atoms with Crippen LogP contribution in [0.25, 0.3) is 0 Å². The summed E-state index contributed by atoms with van der Waals surface area (Å²) in [4.78, 5) is 22.9. The molecule has 23 heavy (non-hydrogen) atoms. The van der Waals surface area contributed by atoms with Gasteiger partial charge in [-0.15, -0.1) is 11.6 Å². The van der Waals surface area contributed by atoms with E-state index in [0.717, 1.165) is 57.2 Å². The smallest absolute Gasteiger partial charge is 0.306 e. The summed E-state index contributed by atoms with van der Waals surface area (Å²) in [6.45, 7) is 3.04. The molecule has 0 N–H and O–H groups in total. The maximum Gasteiger partial charge on any atom is 0.306 e. The fraction of sp³-hybridized carbons (Fsp3) is 0.889. The van der Waals surface area contributed by atoms with Crippen molar-refractivity contribution in [2.45, 2.75) is 84.0 Å². The summed E-state index contributed by atoms with van der Waals surface area (Å²) in [5, 5.41) is 0. The molecule has 0 atom stereocenters. The zero-order valence-electron chi connectivity index (χ0n) is 14.6. The first kappa shape index (κ1) is 22.2. The second kappa shape index (κ2) is 17.6. The normalized spacial score (nSPS) is 10.5. The minimum Gasteiger partial charge on any atom is -0.466 e. The monoisotopic (exact) mass is 348 g/mol. The molecule has 0 saturated heterocycles. The summed E-state index contributed by atoms with van der Waals surface area (Å²) in [5.74, 6) is 0.117. The molecule has 0 aromatic heterocycles. The summed E-state index contributed by atoms with van der Waals surface area (Å²) in [6, 6.07) is 0. The van der Waals surface area contributed by atoms with Gasteiger partial charge < -0.3 is 9.47 Å². The minimum atomic E-state index is -0.310. The summed E-state index contributed by atoms with van der Waals surface area (Å²) in [7, 11) is 0. The zero-order valence-corrected chi connectivity index (χ0v) is 15.4. The van der Waals surface area contributed by atoms with Crippen LogP contribution in [0.3, 0.4) is 0 Å². The molecule has 0 aliphatic carbocycles. The Balaban J connectivity index is 3.34. The number of hydrogen-bond donors (Lipinski definition) is 0. The molecule has 0 rings (SSSR count). The van der Waals surface area contributed by atoms with Crippen molar-refractivity contribution >= 4 is 23.5 Å². The van der Waals surface area contributed by atoms with Crippen molar-refractivity contribution in [1.29, 1.82) is 0 Å². The number of halogens is 1. The quantitative estimate of drug-likeness (QED) is 0.223. The highest BCUT2D eigenvalue weighted by Crippen LogP contribution is 2.07. The molecule has 0 unspecified atom stereocenters. The molecule has 0 spiro atoms. The van der Waals surface area contributed by atoms with E-state index in [0.29, 0.717) is 13.2 Å². The van der Waals surface area contributed by atoms with E-state index in [4.69, 9.17) is 21.1 Å². The van der Waals surface area contributed by atoms with E-state index in [9.17, 15) is 9.59 Å². The topological polar surface area (TPSA) is 52.6 Å². The number of carbonyl (C=O) groups excluding carboxylic acids is 2. The van der Waals surface area contributed by atoms with E-state index >= 15 is 0 Å². The van der Waals surface area contributed by atoms with Crippen LogP contribution < -0.4 is 0 Å². The Morgan fingerprint density at radius 3 is 1.61 bits per heavy atom. The first-order valence-corrected chi connectivity index (χ1v) is 9.61. The first-order chi connectivity index (χ1) is 11.2. The van der Waals surface area contributed by atoms with E-state index in [1.54, 1.807) is 0 Å². The maximum absolute atomic E-state index is 11.5. The fourth-order valence-electron chi connectivity index (χ4n) is 2.15. The lowest BCUT2D eigenvalue weighted by atomic mass is 10.1. The Kier molecular flexibility index (Phi) is 17.0. The van der Waals surface area contributed by atoms with Crippen LogP contribution in [0, 0.1) is 0 Å². The van der Waals surface area contributed by atoms with Crippen molar-refractivity contribution in [2.75, 3.05) is 19.1 Å². The molecule has 136 valence electrons. The van der Waals surface area contributed by atoms with Crippen LogP contribution in [0.2, 0.25) is 0 Å². The first-order valence-electron chi connectivity index (χ1n) is 9.08. The Bertz CT molecular complexity index is 295. The van der Waals surface area contributed by atoms with E-state index < -0.39 is 0 Å². The van der Waals surface area contributed by atoms with Gasteiger partial charge in [-0.2, -0.15) is 0 Å². The molecular formula is C18H33ClO4. The highest BCUT2D eigenvalue weighted by Gasteiger charge is 2.08. The predicted molar refractivity (Wildman–Crippen MR) is 93.7 cm³/mol. The maximum atomic E-state index is 11.5. The summed E-state index contributed by atoms with van der Waals surface area (Å²) < 4.78 is 10.2. The average molecular weight is 349 g/mol. The molecule has 0 aromatic rings. The lowest BCUT2D eigenvalue weighted by Gasteiger charge is -2.06. The van der Waals surface area contributed by atoms with Gasteiger partial charge in [0.15, 0.2) is 0 Å². The lowest BCUT2D eigenvalue weighted by Crippen LogP contribution is -2.11. The van der Waals surface area contributed by atoms with Crippen molar-refractivity contribution in [2.24, 2.45) is 0 Å². The highest BCUT2D eigenvalue weighted by atomic mass is 35.5. The SMILES string of the molecule is CCCCCCOC(=O)CCC(=O)OCCCCCCCCCl. The van der Waals surface area contributed by atoms with E-state index in [2.05, 4.69) is 6.92 Å². The van der Waals surface area contributed by atoms with Crippen LogP contribution in [-0.2, 0) is 19.1 Å². The predicted octanol–water partition coefficient (Wildman–Crippen LogP) is 5.01. The van der Waals surface area contributed by atoms with Crippen LogP contribution in [-0.4, -0.2) is 31.0 Å². The Morgan fingerprint density at radius 2 is 1.13 bits per heavy atom. The molecule has 5 heteroatoms. The van der Waals surface area contributed by atoms with Gasteiger partial charge in [-0.1, -0.05) is 51.9 Å². The number of hydrogen-bond acceptors (Lipinski definition) is 4. The Hall–Kier alpha value is -0.770. The third-order valence-corrected chi connectivity index (χ3v) is 3.85. The molecular weight excluding hydrogens is 316 g/mol. The third-order valence-electron chi connectivity index (χ3n) is 3.59. The van der Waals surface area contributed by atoms with Crippen molar-refractivity contribution in [3.63, 3.8) is 0 Å². The van der Waals surface area contributed by atoms with Crippen LogP contribution in [0.15, 0.2) is 0 Å². The van der Waals surface area contributed by atoms with Gasteiger partial charge in [-0.05, 0) is 19.3 Å². The summed E-state index contributed by atoms with van der Waals surface area (Å²) in [6.07, 6.45) is 11.1. The van der Waals surface area contributed by atoms with Gasteiger partial charge in [0.05, 0.1) is 26.1 Å². The summed E-state index contributed by atoms with van der Waals surface area (Å²) >= 11 is 5.61. The van der Waals surface area contributed by atoms with Gasteiger partial charge in [0.25, 0.3) is 0 Å². The number of esters is 2. The molecule has 0 saturated carbocycles. The molecule has 0 aliphatic rings. The molecule has 0 radical (unpaired) electrons. The third kappa shape index (κ3) is 17.4. The number of unbranched alkanes of at least 4 members (excludes halogenated alkanes) is 8. The number of alkyl halides is 1. The van der Waals surface area contributed by atoms with Crippen molar-refractivity contribution in [3.8, 4) is 0 Å². The van der Waals surface area contributed by atoms with Crippen LogP contribution in [0.4, 0.5) is 0 Å². The van der Waals surface area contributed by atoms with E-state index in [-0.39, 0.29) is 24.8 Å². The van der Waals surface area contributed by atoms with Crippen molar-refractivity contribution in [3.05, 3.63) is 0 Å². The fourth-order valence-corrected chi connectivity index (χ4v) is 2.34. The van der Waals surface area contributed by atoms with Crippen LogP contribution in [0.5, 0.6) is 0 Å². The number of carbonyl (C=O) groups is 2. The van der Waals surface area contributed by atoms with Crippen molar-refractivity contribution in [1.82, 2.24) is 0 Å². The van der Waals surface area contributed by atoms with Gasteiger partial charge in [-0.3, -0.25) is 9.59 Å². The molecule has 0 aromatic carbocycles. The second-order valence-corrected chi connectivity index (χ2v) is 6.19. The zero-order chi connectivity index (χ0) is 17.2. The molecule has 0 amide bonds. The Labute approximate surface area is 146 Å². The number of ether oxygens (including phenoxy) is 2. The largest absolute Gasteiger partial charge is 0.466 e. The molecule has 0 fully saturated rings. The van der Waals surface area contributed by atoms with Gasteiger partial charge >= 0.3 is 11.9 Å². The molecule has 0 bridgehead atoms. The highest BCUT2D eigenvalue weighted by molar-refractivity contribution is 6.17. The van der Waals surface area contributed by atoms with Gasteiger partial charge in [0.2, 0.25) is 0 Å². The minimum absolute atomic E-state index is 0.115. The second-order valence-electron chi connectivity index (χ2n) is 5.81. The number of rotatable bonds is 16. The Morgan fingerprint density at radius 1 is 0.696 bits per heavy atom. The molecule has 0 aliphatic heterocycles. The molecule has 0 heterocycles. The molecule has 4 nitrogen and oxygen atoms in total. The van der Waals surface area contributed by atoms with Crippen LogP contribution in [0.1, 0.15) is 84.0 Å². The van der Waals surface area contributed by atoms with Crippen molar-refractivity contribution < 1.29 is 19.1 Å². The van der Waals surface area contributed by atoms with E-state index in [1.165, 1.54) is 12.8 Å². The van der Waals surface area contributed by atoms with Crippen LogP contribution >= 0.6 is 11.6 Å². The van der Waals surface area contributed by atoms with Gasteiger partial charge in [0, 0.05) is 5.88 Å². The van der Waals surface area contributed by atoms with Gasteiger partial charge in [-0.25, -0.2) is 0 Å². The lowest BCUT2D eigenvalue weighted by molar-refractivity contribution is -0.150. The van der Waals surface area contributed by atoms with Gasteiger partial charge in [0.1, 0.15) is 0 Å². The summed E-state index contributed by atoms with van der Waals surface area (Å²) in [5.41, 5.74) is 0. The average Bonchev–Trinajstić information content (AvgIpc) is 2.55.